The largest absolute Gasteiger partial charge is 0.479 e. The highest BCUT2D eigenvalue weighted by Crippen LogP contribution is 2.20. The molecule has 0 aliphatic heterocycles. The van der Waals surface area contributed by atoms with E-state index in [9.17, 15) is 14.7 Å². The van der Waals surface area contributed by atoms with Gasteiger partial charge in [-0.1, -0.05) is 68.4 Å². The van der Waals surface area contributed by atoms with Crippen LogP contribution in [0.1, 0.15) is 42.5 Å². The van der Waals surface area contributed by atoms with Crippen molar-refractivity contribution in [2.45, 2.75) is 32.2 Å². The van der Waals surface area contributed by atoms with Gasteiger partial charge in [0.2, 0.25) is 5.91 Å². The highest BCUT2D eigenvalue weighted by Gasteiger charge is 2.26. The number of rotatable bonds is 8. The monoisotopic (exact) mass is 371 g/mol. The predicted octanol–water partition coefficient (Wildman–Crippen LogP) is 3.84. The van der Waals surface area contributed by atoms with Gasteiger partial charge in [0.1, 0.15) is 0 Å². The minimum atomic E-state index is -1.08. The molecule has 0 radical (unpaired) electrons. The lowest BCUT2D eigenvalue weighted by Crippen LogP contribution is -2.39. The van der Waals surface area contributed by atoms with Crippen molar-refractivity contribution in [3.63, 3.8) is 0 Å². The third-order valence-electron chi connectivity index (χ3n) is 4.39. The third kappa shape index (κ3) is 5.36. The van der Waals surface area contributed by atoms with Crippen LogP contribution in [0.4, 0.5) is 0 Å². The summed E-state index contributed by atoms with van der Waals surface area (Å²) in [5.41, 5.74) is 2.71. The molecule has 5 heteroatoms. The van der Waals surface area contributed by atoms with Gasteiger partial charge in [-0.25, -0.2) is 4.79 Å². The SMILES string of the molecule is CC(C)c1ccc(C(NC(=O)C(CS)Cc2ccccc2)C(=O)O)cc1. The van der Waals surface area contributed by atoms with E-state index in [-0.39, 0.29) is 5.91 Å². The molecule has 2 aromatic rings. The average molecular weight is 372 g/mol. The molecule has 1 amide bonds. The van der Waals surface area contributed by atoms with E-state index in [0.717, 1.165) is 11.1 Å². The molecule has 0 spiro atoms. The normalized spacial score (nSPS) is 13.2. The Kier molecular flexibility index (Phi) is 7.27. The van der Waals surface area contributed by atoms with Crippen LogP contribution < -0.4 is 5.32 Å². The number of hydrogen-bond acceptors (Lipinski definition) is 3. The van der Waals surface area contributed by atoms with Gasteiger partial charge in [-0.15, -0.1) is 0 Å². The van der Waals surface area contributed by atoms with Crippen LogP contribution in [0.2, 0.25) is 0 Å². The van der Waals surface area contributed by atoms with E-state index >= 15 is 0 Å². The number of thiol groups is 1. The van der Waals surface area contributed by atoms with Crippen molar-refractivity contribution in [3.8, 4) is 0 Å². The first-order valence-electron chi connectivity index (χ1n) is 8.70. The number of amides is 1. The van der Waals surface area contributed by atoms with E-state index in [1.807, 2.05) is 42.5 Å². The lowest BCUT2D eigenvalue weighted by molar-refractivity contribution is -0.142. The number of carboxylic acid groups (broad SMARTS) is 1. The number of carbonyl (C=O) groups is 2. The number of aliphatic carboxylic acids is 1. The summed E-state index contributed by atoms with van der Waals surface area (Å²) in [5, 5.41) is 12.2. The van der Waals surface area contributed by atoms with Crippen LogP contribution in [0.3, 0.4) is 0 Å². The quantitative estimate of drug-likeness (QED) is 0.618. The molecule has 2 atom stereocenters. The summed E-state index contributed by atoms with van der Waals surface area (Å²) in [6.45, 7) is 4.15. The van der Waals surface area contributed by atoms with E-state index in [0.29, 0.717) is 23.7 Å². The molecule has 0 heterocycles. The second kappa shape index (κ2) is 9.43. The standard InChI is InChI=1S/C21H25NO3S/c1-14(2)16-8-10-17(11-9-16)19(21(24)25)22-20(23)18(13-26)12-15-6-4-3-5-7-15/h3-11,14,18-19,26H,12-13H2,1-2H3,(H,22,23)(H,24,25). The second-order valence-corrected chi connectivity index (χ2v) is 7.04. The van der Waals surface area contributed by atoms with Crippen molar-refractivity contribution in [2.75, 3.05) is 5.75 Å². The Morgan fingerprint density at radius 2 is 1.58 bits per heavy atom. The van der Waals surface area contributed by atoms with E-state index in [2.05, 4.69) is 31.8 Å². The smallest absolute Gasteiger partial charge is 0.330 e. The summed E-state index contributed by atoms with van der Waals surface area (Å²) in [6.07, 6.45) is 0.523. The zero-order valence-electron chi connectivity index (χ0n) is 15.1. The van der Waals surface area contributed by atoms with Crippen LogP contribution in [0, 0.1) is 5.92 Å². The predicted molar refractivity (Wildman–Crippen MR) is 107 cm³/mol. The summed E-state index contributed by atoms with van der Waals surface area (Å²) >= 11 is 4.27. The topological polar surface area (TPSA) is 66.4 Å². The van der Waals surface area contributed by atoms with Gasteiger partial charge in [0.05, 0.1) is 5.92 Å². The summed E-state index contributed by atoms with van der Waals surface area (Å²) in [5.74, 6) is -1.06. The molecule has 2 aromatic carbocycles. The van der Waals surface area contributed by atoms with Crippen molar-refractivity contribution in [1.29, 1.82) is 0 Å². The molecule has 4 nitrogen and oxygen atoms in total. The van der Waals surface area contributed by atoms with Gasteiger partial charge >= 0.3 is 5.97 Å². The molecule has 0 aliphatic rings. The maximum atomic E-state index is 12.6. The Morgan fingerprint density at radius 1 is 1.00 bits per heavy atom. The Balaban J connectivity index is 2.12. The Bertz CT molecular complexity index is 729. The van der Waals surface area contributed by atoms with Crippen LogP contribution >= 0.6 is 12.6 Å². The number of nitrogens with one attached hydrogen (secondary N) is 1. The highest BCUT2D eigenvalue weighted by atomic mass is 32.1. The van der Waals surface area contributed by atoms with Gasteiger partial charge in [-0.2, -0.15) is 12.6 Å². The first kappa shape index (κ1) is 20.0. The van der Waals surface area contributed by atoms with E-state index in [4.69, 9.17) is 0 Å². The molecule has 0 saturated carbocycles. The van der Waals surface area contributed by atoms with Crippen LogP contribution in [-0.4, -0.2) is 22.7 Å². The molecule has 0 aliphatic carbocycles. The fourth-order valence-corrected chi connectivity index (χ4v) is 3.05. The van der Waals surface area contributed by atoms with Gasteiger partial charge < -0.3 is 10.4 Å². The third-order valence-corrected chi connectivity index (χ3v) is 4.83. The van der Waals surface area contributed by atoms with Gasteiger partial charge in [0, 0.05) is 5.75 Å². The van der Waals surface area contributed by atoms with Crippen molar-refractivity contribution in [2.24, 2.45) is 5.92 Å². The summed E-state index contributed by atoms with van der Waals surface area (Å²) in [7, 11) is 0. The molecule has 2 unspecified atom stereocenters. The number of carboxylic acids is 1. The number of carbonyl (C=O) groups excluding carboxylic acids is 1. The first-order valence-corrected chi connectivity index (χ1v) is 9.33. The molecular weight excluding hydrogens is 346 g/mol. The molecule has 138 valence electrons. The number of hydrogen-bond donors (Lipinski definition) is 3. The van der Waals surface area contributed by atoms with Crippen LogP contribution in [0.15, 0.2) is 54.6 Å². The van der Waals surface area contributed by atoms with Crippen molar-refractivity contribution in [1.82, 2.24) is 5.32 Å². The van der Waals surface area contributed by atoms with Gasteiger partial charge in [0.15, 0.2) is 6.04 Å². The minimum absolute atomic E-state index is 0.302. The zero-order chi connectivity index (χ0) is 19.1. The Labute approximate surface area is 160 Å². The van der Waals surface area contributed by atoms with Gasteiger partial charge in [0.25, 0.3) is 0 Å². The molecule has 2 N–H and O–H groups in total. The average Bonchev–Trinajstić information content (AvgIpc) is 2.64. The van der Waals surface area contributed by atoms with Gasteiger partial charge in [-0.05, 0) is 29.0 Å². The van der Waals surface area contributed by atoms with Crippen molar-refractivity contribution in [3.05, 3.63) is 71.3 Å². The Hall–Kier alpha value is -2.27. The summed E-state index contributed by atoms with van der Waals surface area (Å²) in [4.78, 5) is 24.3. The highest BCUT2D eigenvalue weighted by molar-refractivity contribution is 7.80. The molecule has 0 bridgehead atoms. The molecular formula is C21H25NO3S. The molecule has 0 fully saturated rings. The lowest BCUT2D eigenvalue weighted by Gasteiger charge is -2.20. The summed E-state index contributed by atoms with van der Waals surface area (Å²) in [6, 6.07) is 15.9. The van der Waals surface area contributed by atoms with E-state index in [1.54, 1.807) is 12.1 Å². The molecule has 0 aromatic heterocycles. The second-order valence-electron chi connectivity index (χ2n) is 6.67. The van der Waals surface area contributed by atoms with Crippen LogP contribution in [-0.2, 0) is 16.0 Å². The fraction of sp³-hybridized carbons (Fsp3) is 0.333. The first-order chi connectivity index (χ1) is 12.4. The Morgan fingerprint density at radius 3 is 2.08 bits per heavy atom. The minimum Gasteiger partial charge on any atom is -0.479 e. The van der Waals surface area contributed by atoms with Crippen LogP contribution in [0.25, 0.3) is 0 Å². The van der Waals surface area contributed by atoms with Crippen molar-refractivity contribution >= 4 is 24.5 Å². The number of benzene rings is 2. The van der Waals surface area contributed by atoms with Crippen molar-refractivity contribution < 1.29 is 14.7 Å². The zero-order valence-corrected chi connectivity index (χ0v) is 15.9. The van der Waals surface area contributed by atoms with Gasteiger partial charge in [-0.3, -0.25) is 4.79 Å². The summed E-state index contributed by atoms with van der Waals surface area (Å²) < 4.78 is 0. The molecule has 26 heavy (non-hydrogen) atoms. The maximum absolute atomic E-state index is 12.6. The maximum Gasteiger partial charge on any atom is 0.330 e. The van der Waals surface area contributed by atoms with E-state index in [1.165, 1.54) is 0 Å². The fourth-order valence-electron chi connectivity index (χ4n) is 2.76. The lowest BCUT2D eigenvalue weighted by atomic mass is 9.97. The molecule has 0 saturated heterocycles. The molecule has 2 rings (SSSR count). The van der Waals surface area contributed by atoms with E-state index < -0.39 is 17.9 Å². The van der Waals surface area contributed by atoms with Crippen LogP contribution in [0.5, 0.6) is 0 Å².